The highest BCUT2D eigenvalue weighted by Gasteiger charge is 2.36. The minimum absolute atomic E-state index is 0.0225. The molecule has 3 atom stereocenters. The molecule has 0 spiro atoms. The van der Waals surface area contributed by atoms with Gasteiger partial charge in [-0.1, -0.05) is 6.92 Å². The van der Waals surface area contributed by atoms with Gasteiger partial charge in [0.05, 0.1) is 12.2 Å². The summed E-state index contributed by atoms with van der Waals surface area (Å²) >= 11 is 0. The molecule has 6 heteroatoms. The van der Waals surface area contributed by atoms with Gasteiger partial charge in [-0.25, -0.2) is 0 Å². The van der Waals surface area contributed by atoms with E-state index in [1.807, 2.05) is 13.8 Å². The van der Waals surface area contributed by atoms with Crippen molar-refractivity contribution in [2.45, 2.75) is 45.8 Å². The summed E-state index contributed by atoms with van der Waals surface area (Å²) in [5.41, 5.74) is 0. The first kappa shape index (κ1) is 14.2. The summed E-state index contributed by atoms with van der Waals surface area (Å²) in [6.45, 7) is 8.23. The van der Waals surface area contributed by atoms with E-state index in [-0.39, 0.29) is 12.2 Å². The zero-order chi connectivity index (χ0) is 13.3. The van der Waals surface area contributed by atoms with Crippen molar-refractivity contribution in [2.24, 2.45) is 5.92 Å². The summed E-state index contributed by atoms with van der Waals surface area (Å²) in [6.07, 6.45) is 2.05. The minimum Gasteiger partial charge on any atom is -0.373 e. The van der Waals surface area contributed by atoms with Gasteiger partial charge < -0.3 is 4.74 Å². The van der Waals surface area contributed by atoms with Crippen LogP contribution in [0.1, 0.15) is 33.6 Å². The van der Waals surface area contributed by atoms with E-state index in [9.17, 15) is 8.42 Å². The lowest BCUT2D eigenvalue weighted by Gasteiger charge is -2.39. The van der Waals surface area contributed by atoms with E-state index < -0.39 is 10.2 Å². The minimum atomic E-state index is -3.30. The second-order valence-electron chi connectivity index (χ2n) is 5.69. The first-order valence-corrected chi connectivity index (χ1v) is 8.20. The summed E-state index contributed by atoms with van der Waals surface area (Å²) < 4.78 is 34.0. The van der Waals surface area contributed by atoms with Crippen LogP contribution in [-0.2, 0) is 14.9 Å². The van der Waals surface area contributed by atoms with Gasteiger partial charge in [-0.05, 0) is 32.6 Å². The molecule has 0 N–H and O–H groups in total. The third kappa shape index (κ3) is 3.04. The number of nitrogens with zero attached hydrogens (tertiary/aromatic N) is 2. The molecule has 5 nitrogen and oxygen atoms in total. The number of hydrogen-bond donors (Lipinski definition) is 0. The lowest BCUT2D eigenvalue weighted by atomic mass is 10.0. The summed E-state index contributed by atoms with van der Waals surface area (Å²) in [5.74, 6) is 0.462. The predicted octanol–water partition coefficient (Wildman–Crippen LogP) is 1.07. The summed E-state index contributed by atoms with van der Waals surface area (Å²) in [4.78, 5) is 0. The van der Waals surface area contributed by atoms with Crippen LogP contribution in [0, 0.1) is 5.92 Å². The number of morpholine rings is 1. The van der Waals surface area contributed by atoms with E-state index in [2.05, 4.69) is 6.92 Å². The van der Waals surface area contributed by atoms with Gasteiger partial charge in [0.15, 0.2) is 0 Å². The lowest BCUT2D eigenvalue weighted by molar-refractivity contribution is -0.0457. The molecule has 2 rings (SSSR count). The number of ether oxygens (including phenoxy) is 1. The molecule has 106 valence electrons. The fourth-order valence-electron chi connectivity index (χ4n) is 2.84. The molecule has 2 saturated heterocycles. The highest BCUT2D eigenvalue weighted by molar-refractivity contribution is 7.86. The SMILES string of the molecule is CC1CCCN(S(=O)(=O)N2CC(C)OC(C)C2)C1. The number of rotatable bonds is 2. The van der Waals surface area contributed by atoms with Gasteiger partial charge in [0.2, 0.25) is 0 Å². The molecule has 0 aliphatic carbocycles. The van der Waals surface area contributed by atoms with Crippen molar-refractivity contribution >= 4 is 10.2 Å². The zero-order valence-electron chi connectivity index (χ0n) is 11.5. The Hall–Kier alpha value is -0.170. The number of hydrogen-bond acceptors (Lipinski definition) is 3. The van der Waals surface area contributed by atoms with Crippen molar-refractivity contribution in [3.05, 3.63) is 0 Å². The zero-order valence-corrected chi connectivity index (χ0v) is 12.3. The van der Waals surface area contributed by atoms with E-state index in [0.29, 0.717) is 32.1 Å². The predicted molar refractivity (Wildman–Crippen MR) is 70.5 cm³/mol. The molecule has 0 aromatic heterocycles. The van der Waals surface area contributed by atoms with Crippen LogP contribution < -0.4 is 0 Å². The van der Waals surface area contributed by atoms with Crippen molar-refractivity contribution in [2.75, 3.05) is 26.2 Å². The van der Waals surface area contributed by atoms with Crippen LogP contribution in [0.15, 0.2) is 0 Å². The Morgan fingerprint density at radius 3 is 2.17 bits per heavy atom. The summed E-state index contributed by atoms with van der Waals surface area (Å²) in [7, 11) is -3.30. The molecule has 2 aliphatic rings. The smallest absolute Gasteiger partial charge is 0.282 e. The third-order valence-corrected chi connectivity index (χ3v) is 5.59. The standard InChI is InChI=1S/C12H24N2O3S/c1-10-5-4-6-13(7-10)18(15,16)14-8-11(2)17-12(3)9-14/h10-12H,4-9H2,1-3H3. The normalized spacial score (nSPS) is 36.7. The molecular formula is C12H24N2O3S. The Morgan fingerprint density at radius 1 is 1.00 bits per heavy atom. The fourth-order valence-corrected chi connectivity index (χ4v) is 4.76. The van der Waals surface area contributed by atoms with Gasteiger partial charge in [-0.15, -0.1) is 0 Å². The maximum absolute atomic E-state index is 12.6. The first-order chi connectivity index (χ1) is 8.39. The Bertz CT molecular complexity index is 375. The van der Waals surface area contributed by atoms with Crippen molar-refractivity contribution in [1.82, 2.24) is 8.61 Å². The molecule has 0 aromatic carbocycles. The molecular weight excluding hydrogens is 252 g/mol. The number of piperidine rings is 1. The van der Waals surface area contributed by atoms with Crippen LogP contribution in [0.5, 0.6) is 0 Å². The highest BCUT2D eigenvalue weighted by atomic mass is 32.2. The second kappa shape index (κ2) is 5.45. The van der Waals surface area contributed by atoms with Crippen molar-refractivity contribution in [1.29, 1.82) is 0 Å². The van der Waals surface area contributed by atoms with Crippen LogP contribution in [-0.4, -0.2) is 55.4 Å². The Morgan fingerprint density at radius 2 is 1.61 bits per heavy atom. The van der Waals surface area contributed by atoms with Gasteiger partial charge in [-0.3, -0.25) is 0 Å². The third-order valence-electron chi connectivity index (χ3n) is 3.66. The van der Waals surface area contributed by atoms with Gasteiger partial charge in [-0.2, -0.15) is 17.0 Å². The van der Waals surface area contributed by atoms with E-state index in [1.165, 1.54) is 0 Å². The molecule has 2 heterocycles. The molecule has 0 bridgehead atoms. The molecule has 0 amide bonds. The molecule has 3 unspecified atom stereocenters. The van der Waals surface area contributed by atoms with Crippen molar-refractivity contribution in [3.8, 4) is 0 Å². The largest absolute Gasteiger partial charge is 0.373 e. The van der Waals surface area contributed by atoms with Gasteiger partial charge in [0, 0.05) is 26.2 Å². The quantitative estimate of drug-likeness (QED) is 0.758. The molecule has 18 heavy (non-hydrogen) atoms. The second-order valence-corrected chi connectivity index (χ2v) is 7.62. The molecule has 2 fully saturated rings. The fraction of sp³-hybridized carbons (Fsp3) is 1.00. The molecule has 0 saturated carbocycles. The molecule has 2 aliphatic heterocycles. The van der Waals surface area contributed by atoms with Crippen LogP contribution in [0.4, 0.5) is 0 Å². The van der Waals surface area contributed by atoms with Crippen LogP contribution in [0.3, 0.4) is 0 Å². The maximum atomic E-state index is 12.6. The Labute approximate surface area is 110 Å². The topological polar surface area (TPSA) is 49.9 Å². The van der Waals surface area contributed by atoms with E-state index in [1.54, 1.807) is 8.61 Å². The van der Waals surface area contributed by atoms with Crippen molar-refractivity contribution in [3.63, 3.8) is 0 Å². The van der Waals surface area contributed by atoms with Crippen LogP contribution in [0.25, 0.3) is 0 Å². The van der Waals surface area contributed by atoms with Gasteiger partial charge in [0.1, 0.15) is 0 Å². The van der Waals surface area contributed by atoms with E-state index in [4.69, 9.17) is 4.74 Å². The average molecular weight is 276 g/mol. The monoisotopic (exact) mass is 276 g/mol. The summed E-state index contributed by atoms with van der Waals surface area (Å²) in [5, 5.41) is 0. The summed E-state index contributed by atoms with van der Waals surface area (Å²) in [6, 6.07) is 0. The van der Waals surface area contributed by atoms with Gasteiger partial charge in [0.25, 0.3) is 10.2 Å². The van der Waals surface area contributed by atoms with Crippen molar-refractivity contribution < 1.29 is 13.2 Å². The first-order valence-electron chi connectivity index (χ1n) is 6.80. The van der Waals surface area contributed by atoms with Crippen LogP contribution in [0.2, 0.25) is 0 Å². The maximum Gasteiger partial charge on any atom is 0.282 e. The van der Waals surface area contributed by atoms with E-state index in [0.717, 1.165) is 12.8 Å². The van der Waals surface area contributed by atoms with Crippen LogP contribution >= 0.6 is 0 Å². The molecule has 0 radical (unpaired) electrons. The lowest BCUT2D eigenvalue weighted by Crippen LogP contribution is -2.54. The average Bonchev–Trinajstić information content (AvgIpc) is 2.27. The van der Waals surface area contributed by atoms with E-state index >= 15 is 0 Å². The Balaban J connectivity index is 2.09. The van der Waals surface area contributed by atoms with Gasteiger partial charge >= 0.3 is 0 Å². The Kier molecular flexibility index (Phi) is 4.31. The molecule has 0 aromatic rings. The highest BCUT2D eigenvalue weighted by Crippen LogP contribution is 2.23.